The molecule has 1 atom stereocenters. The van der Waals surface area contributed by atoms with Crippen molar-refractivity contribution < 1.29 is 4.74 Å². The Morgan fingerprint density at radius 2 is 2.08 bits per heavy atom. The molecule has 6 heteroatoms. The molecule has 0 radical (unpaired) electrons. The Bertz CT molecular complexity index is 726. The molecule has 134 valence electrons. The Labute approximate surface area is 149 Å². The molecule has 1 aliphatic rings. The molecule has 6 nitrogen and oxygen atoms in total. The van der Waals surface area contributed by atoms with Crippen LogP contribution in [0.2, 0.25) is 0 Å². The monoisotopic (exact) mass is 341 g/mol. The SMILES string of the molecule is COc1ncccc1[C@H]1CCC(C)(C)CCN1c1cc(C)nc(N)n1. The lowest BCUT2D eigenvalue weighted by Gasteiger charge is -2.32. The van der Waals surface area contributed by atoms with Crippen LogP contribution in [-0.4, -0.2) is 28.6 Å². The second kappa shape index (κ2) is 6.86. The van der Waals surface area contributed by atoms with Gasteiger partial charge in [-0.2, -0.15) is 4.98 Å². The quantitative estimate of drug-likeness (QED) is 0.920. The molecule has 0 aromatic carbocycles. The molecule has 3 heterocycles. The van der Waals surface area contributed by atoms with Gasteiger partial charge in [0.15, 0.2) is 0 Å². The van der Waals surface area contributed by atoms with Crippen LogP contribution in [-0.2, 0) is 0 Å². The van der Waals surface area contributed by atoms with Gasteiger partial charge in [0.05, 0.1) is 13.2 Å². The molecule has 1 saturated heterocycles. The fraction of sp³-hybridized carbons (Fsp3) is 0.526. The first-order chi connectivity index (χ1) is 11.9. The Morgan fingerprint density at radius 1 is 1.28 bits per heavy atom. The van der Waals surface area contributed by atoms with Crippen LogP contribution >= 0.6 is 0 Å². The summed E-state index contributed by atoms with van der Waals surface area (Å²) in [5.41, 5.74) is 8.17. The van der Waals surface area contributed by atoms with E-state index in [9.17, 15) is 0 Å². The van der Waals surface area contributed by atoms with Crippen LogP contribution < -0.4 is 15.4 Å². The third-order valence-electron chi connectivity index (χ3n) is 5.01. The van der Waals surface area contributed by atoms with E-state index in [0.29, 0.717) is 11.8 Å². The van der Waals surface area contributed by atoms with E-state index < -0.39 is 0 Å². The zero-order valence-corrected chi connectivity index (χ0v) is 15.5. The summed E-state index contributed by atoms with van der Waals surface area (Å²) in [7, 11) is 1.67. The van der Waals surface area contributed by atoms with Gasteiger partial charge in [0.1, 0.15) is 5.82 Å². The number of nitrogen functional groups attached to an aromatic ring is 1. The molecule has 0 saturated carbocycles. The first-order valence-corrected chi connectivity index (χ1v) is 8.76. The van der Waals surface area contributed by atoms with E-state index in [2.05, 4.69) is 39.8 Å². The van der Waals surface area contributed by atoms with Gasteiger partial charge in [-0.15, -0.1) is 0 Å². The van der Waals surface area contributed by atoms with Crippen molar-refractivity contribution in [2.75, 3.05) is 24.3 Å². The fourth-order valence-electron chi connectivity index (χ4n) is 3.53. The van der Waals surface area contributed by atoms with Gasteiger partial charge in [-0.3, -0.25) is 0 Å². The molecule has 0 spiro atoms. The number of hydrogen-bond acceptors (Lipinski definition) is 6. The average Bonchev–Trinajstić information content (AvgIpc) is 2.72. The number of nitrogens with two attached hydrogens (primary N) is 1. The van der Waals surface area contributed by atoms with Crippen molar-refractivity contribution in [1.82, 2.24) is 15.0 Å². The second-order valence-corrected chi connectivity index (χ2v) is 7.49. The number of aromatic nitrogens is 3. The first kappa shape index (κ1) is 17.5. The van der Waals surface area contributed by atoms with Gasteiger partial charge in [-0.05, 0) is 37.7 Å². The molecule has 1 fully saturated rings. The Balaban J connectivity index is 2.07. The van der Waals surface area contributed by atoms with E-state index in [1.54, 1.807) is 13.3 Å². The van der Waals surface area contributed by atoms with Gasteiger partial charge < -0.3 is 15.4 Å². The lowest BCUT2D eigenvalue weighted by Crippen LogP contribution is -2.30. The zero-order chi connectivity index (χ0) is 18.0. The molecule has 2 aromatic rings. The van der Waals surface area contributed by atoms with Crippen LogP contribution in [0.5, 0.6) is 5.88 Å². The topological polar surface area (TPSA) is 77.2 Å². The maximum Gasteiger partial charge on any atom is 0.222 e. The molecule has 0 unspecified atom stereocenters. The first-order valence-electron chi connectivity index (χ1n) is 8.76. The van der Waals surface area contributed by atoms with Gasteiger partial charge in [0.2, 0.25) is 11.8 Å². The smallest absolute Gasteiger partial charge is 0.222 e. The summed E-state index contributed by atoms with van der Waals surface area (Å²) in [6.07, 6.45) is 5.00. The minimum Gasteiger partial charge on any atom is -0.481 e. The molecular formula is C19H27N5O. The van der Waals surface area contributed by atoms with E-state index in [1.807, 2.05) is 19.1 Å². The highest BCUT2D eigenvalue weighted by Gasteiger charge is 2.33. The van der Waals surface area contributed by atoms with Gasteiger partial charge in [0.25, 0.3) is 0 Å². The number of rotatable bonds is 3. The Hall–Kier alpha value is -2.37. The number of nitrogens with zero attached hydrogens (tertiary/aromatic N) is 4. The minimum atomic E-state index is 0.152. The van der Waals surface area contributed by atoms with Gasteiger partial charge >= 0.3 is 0 Å². The number of hydrogen-bond donors (Lipinski definition) is 1. The predicted molar refractivity (Wildman–Crippen MR) is 99.7 cm³/mol. The van der Waals surface area contributed by atoms with Crippen LogP contribution in [0.1, 0.15) is 50.4 Å². The summed E-state index contributed by atoms with van der Waals surface area (Å²) in [5.74, 6) is 1.87. The van der Waals surface area contributed by atoms with Crippen molar-refractivity contribution in [3.63, 3.8) is 0 Å². The molecule has 25 heavy (non-hydrogen) atoms. The standard InChI is InChI=1S/C19H27N5O/c1-13-12-16(23-18(20)22-13)24-11-9-19(2,3)8-7-15(24)14-6-5-10-21-17(14)25-4/h5-6,10,12,15H,7-9,11H2,1-4H3,(H2,20,22,23)/t15-/m1/s1. The van der Waals surface area contributed by atoms with Crippen molar-refractivity contribution in [2.24, 2.45) is 5.41 Å². The van der Waals surface area contributed by atoms with E-state index >= 15 is 0 Å². The second-order valence-electron chi connectivity index (χ2n) is 7.49. The number of aryl methyl sites for hydroxylation is 1. The summed E-state index contributed by atoms with van der Waals surface area (Å²) in [5, 5.41) is 0. The molecule has 0 bridgehead atoms. The van der Waals surface area contributed by atoms with Crippen LogP contribution in [0.15, 0.2) is 24.4 Å². The molecule has 0 amide bonds. The average molecular weight is 341 g/mol. The van der Waals surface area contributed by atoms with Gasteiger partial charge in [0, 0.05) is 30.1 Å². The van der Waals surface area contributed by atoms with Gasteiger partial charge in [-0.25, -0.2) is 9.97 Å². The molecule has 1 aliphatic heterocycles. The van der Waals surface area contributed by atoms with Crippen molar-refractivity contribution in [2.45, 2.75) is 46.1 Å². The highest BCUT2D eigenvalue weighted by Crippen LogP contribution is 2.42. The van der Waals surface area contributed by atoms with Gasteiger partial charge in [-0.1, -0.05) is 19.9 Å². The van der Waals surface area contributed by atoms with Crippen molar-refractivity contribution in [3.05, 3.63) is 35.7 Å². The third kappa shape index (κ3) is 3.83. The zero-order valence-electron chi connectivity index (χ0n) is 15.5. The van der Waals surface area contributed by atoms with Crippen molar-refractivity contribution in [3.8, 4) is 5.88 Å². The summed E-state index contributed by atoms with van der Waals surface area (Å²) in [6.45, 7) is 7.51. The summed E-state index contributed by atoms with van der Waals surface area (Å²) in [4.78, 5) is 15.5. The van der Waals surface area contributed by atoms with Crippen molar-refractivity contribution >= 4 is 11.8 Å². The maximum atomic E-state index is 5.91. The largest absolute Gasteiger partial charge is 0.481 e. The lowest BCUT2D eigenvalue weighted by molar-refractivity contribution is 0.319. The summed E-state index contributed by atoms with van der Waals surface area (Å²) >= 11 is 0. The maximum absolute atomic E-state index is 5.91. The lowest BCUT2D eigenvalue weighted by atomic mass is 9.84. The third-order valence-corrected chi connectivity index (χ3v) is 5.01. The van der Waals surface area contributed by atoms with Crippen LogP contribution in [0, 0.1) is 12.3 Å². The molecule has 0 aliphatic carbocycles. The molecular weight excluding hydrogens is 314 g/mol. The predicted octanol–water partition coefficient (Wildman–Crippen LogP) is 3.53. The van der Waals surface area contributed by atoms with Crippen molar-refractivity contribution in [1.29, 1.82) is 0 Å². The summed E-state index contributed by atoms with van der Waals surface area (Å²) < 4.78 is 5.53. The number of anilines is 2. The van der Waals surface area contributed by atoms with Crippen LogP contribution in [0.3, 0.4) is 0 Å². The van der Waals surface area contributed by atoms with E-state index in [4.69, 9.17) is 10.5 Å². The van der Waals surface area contributed by atoms with Crippen LogP contribution in [0.4, 0.5) is 11.8 Å². The molecule has 2 N–H and O–H groups in total. The van der Waals surface area contributed by atoms with E-state index in [1.165, 1.54) is 0 Å². The van der Waals surface area contributed by atoms with E-state index in [0.717, 1.165) is 42.9 Å². The highest BCUT2D eigenvalue weighted by atomic mass is 16.5. The van der Waals surface area contributed by atoms with E-state index in [-0.39, 0.29) is 11.5 Å². The molecule has 3 rings (SSSR count). The minimum absolute atomic E-state index is 0.152. The number of ether oxygens (including phenoxy) is 1. The fourth-order valence-corrected chi connectivity index (χ4v) is 3.53. The highest BCUT2D eigenvalue weighted by molar-refractivity contribution is 5.48. The number of methoxy groups -OCH3 is 1. The Morgan fingerprint density at radius 3 is 2.80 bits per heavy atom. The summed E-state index contributed by atoms with van der Waals surface area (Å²) in [6, 6.07) is 6.22. The normalized spacial score (nSPS) is 20.2. The van der Waals surface area contributed by atoms with Crippen LogP contribution in [0.25, 0.3) is 0 Å². The molecule has 2 aromatic heterocycles. The number of pyridine rings is 1. The Kier molecular flexibility index (Phi) is 4.79.